The van der Waals surface area contributed by atoms with Gasteiger partial charge in [0, 0.05) is 12.1 Å². The Morgan fingerprint density at radius 2 is 2.06 bits per heavy atom. The zero-order chi connectivity index (χ0) is 12.2. The van der Waals surface area contributed by atoms with Crippen molar-refractivity contribution in [2.24, 2.45) is 5.73 Å². The Morgan fingerprint density at radius 1 is 1.38 bits per heavy atom. The van der Waals surface area contributed by atoms with Crippen molar-refractivity contribution in [2.75, 3.05) is 6.54 Å². The van der Waals surface area contributed by atoms with Gasteiger partial charge in [-0.3, -0.25) is 0 Å². The Morgan fingerprint density at radius 3 is 2.62 bits per heavy atom. The number of nitrogens with one attached hydrogen (secondary N) is 1. The molecule has 0 aliphatic carbocycles. The highest BCUT2D eigenvalue weighted by Crippen LogP contribution is 2.09. The second kappa shape index (κ2) is 5.41. The lowest BCUT2D eigenvalue weighted by molar-refractivity contribution is 0.455. The first-order valence-corrected chi connectivity index (χ1v) is 5.63. The number of benzene rings is 1. The van der Waals surface area contributed by atoms with Crippen LogP contribution in [0, 0.1) is 12.7 Å². The summed E-state index contributed by atoms with van der Waals surface area (Å²) in [4.78, 5) is 0. The molecule has 0 bridgehead atoms. The van der Waals surface area contributed by atoms with Gasteiger partial charge in [-0.15, -0.1) is 0 Å². The van der Waals surface area contributed by atoms with Gasteiger partial charge >= 0.3 is 0 Å². The lowest BCUT2D eigenvalue weighted by Crippen LogP contribution is -2.35. The minimum Gasteiger partial charge on any atom is -0.326 e. The smallest absolute Gasteiger partial charge is 0.126 e. The van der Waals surface area contributed by atoms with E-state index in [1.54, 1.807) is 6.92 Å². The molecule has 0 spiro atoms. The molecule has 1 aromatic carbocycles. The highest BCUT2D eigenvalue weighted by Gasteiger charge is 2.09. The number of hydrogen-bond acceptors (Lipinski definition) is 2. The van der Waals surface area contributed by atoms with E-state index in [4.69, 9.17) is 5.73 Å². The highest BCUT2D eigenvalue weighted by molar-refractivity contribution is 5.23. The monoisotopic (exact) mass is 224 g/mol. The molecule has 0 atom stereocenters. The summed E-state index contributed by atoms with van der Waals surface area (Å²) in [7, 11) is 0. The molecule has 0 radical (unpaired) electrons. The molecule has 1 aromatic rings. The molecule has 2 nitrogen and oxygen atoms in total. The van der Waals surface area contributed by atoms with Crippen molar-refractivity contribution in [1.29, 1.82) is 0 Å². The van der Waals surface area contributed by atoms with Crippen LogP contribution in [0.2, 0.25) is 0 Å². The second-order valence-corrected chi connectivity index (χ2v) is 5.00. The van der Waals surface area contributed by atoms with Gasteiger partial charge in [-0.25, -0.2) is 4.39 Å². The number of nitrogens with two attached hydrogens (primary N) is 1. The summed E-state index contributed by atoms with van der Waals surface area (Å²) in [5, 5.41) is 3.30. The molecule has 3 N–H and O–H groups in total. The summed E-state index contributed by atoms with van der Waals surface area (Å²) >= 11 is 0. The molecule has 0 amide bonds. The first-order valence-electron chi connectivity index (χ1n) is 5.63. The van der Waals surface area contributed by atoms with E-state index in [-0.39, 0.29) is 11.4 Å². The maximum absolute atomic E-state index is 13.0. The van der Waals surface area contributed by atoms with Crippen LogP contribution in [0.5, 0.6) is 0 Å². The van der Waals surface area contributed by atoms with Crippen LogP contribution in [0.1, 0.15) is 31.4 Å². The van der Waals surface area contributed by atoms with E-state index in [0.717, 1.165) is 25.1 Å². The van der Waals surface area contributed by atoms with E-state index < -0.39 is 0 Å². The van der Waals surface area contributed by atoms with E-state index in [0.29, 0.717) is 5.56 Å². The molecule has 0 saturated carbocycles. The molecule has 0 saturated heterocycles. The van der Waals surface area contributed by atoms with Crippen LogP contribution in [-0.2, 0) is 6.54 Å². The number of halogens is 1. The number of aryl methyl sites for hydroxylation is 1. The van der Waals surface area contributed by atoms with E-state index in [2.05, 4.69) is 5.32 Å². The summed E-state index contributed by atoms with van der Waals surface area (Å²) in [6.07, 6.45) is 0.924. The molecule has 0 aromatic heterocycles. The quantitative estimate of drug-likeness (QED) is 0.753. The third kappa shape index (κ3) is 4.73. The standard InChI is InChI=1S/C13H21FN2/c1-10-8-11(4-5-12(10)14)9-16-7-6-13(2,3)15/h4-5,8,16H,6-7,9,15H2,1-3H3. The zero-order valence-electron chi connectivity index (χ0n) is 10.3. The fourth-order valence-corrected chi connectivity index (χ4v) is 1.46. The van der Waals surface area contributed by atoms with E-state index >= 15 is 0 Å². The molecular weight excluding hydrogens is 203 g/mol. The summed E-state index contributed by atoms with van der Waals surface area (Å²) < 4.78 is 13.0. The van der Waals surface area contributed by atoms with Crippen molar-refractivity contribution in [3.05, 3.63) is 35.1 Å². The fraction of sp³-hybridized carbons (Fsp3) is 0.538. The van der Waals surface area contributed by atoms with Crippen molar-refractivity contribution in [3.8, 4) is 0 Å². The van der Waals surface area contributed by atoms with Crippen molar-refractivity contribution < 1.29 is 4.39 Å². The molecule has 16 heavy (non-hydrogen) atoms. The van der Waals surface area contributed by atoms with Gasteiger partial charge in [0.2, 0.25) is 0 Å². The Labute approximate surface area is 97.0 Å². The van der Waals surface area contributed by atoms with Crippen LogP contribution in [-0.4, -0.2) is 12.1 Å². The normalized spacial score (nSPS) is 11.8. The Kier molecular flexibility index (Phi) is 4.44. The molecule has 1 rings (SSSR count). The molecule has 0 aliphatic rings. The third-order valence-corrected chi connectivity index (χ3v) is 2.50. The van der Waals surface area contributed by atoms with Gasteiger partial charge < -0.3 is 11.1 Å². The third-order valence-electron chi connectivity index (χ3n) is 2.50. The maximum atomic E-state index is 13.0. The first kappa shape index (κ1) is 13.1. The Hall–Kier alpha value is -0.930. The van der Waals surface area contributed by atoms with Crippen LogP contribution in [0.3, 0.4) is 0 Å². The van der Waals surface area contributed by atoms with E-state index in [9.17, 15) is 4.39 Å². The number of hydrogen-bond donors (Lipinski definition) is 2. The summed E-state index contributed by atoms with van der Waals surface area (Å²) in [6.45, 7) is 7.44. The van der Waals surface area contributed by atoms with Crippen LogP contribution in [0.25, 0.3) is 0 Å². The summed E-state index contributed by atoms with van der Waals surface area (Å²) in [5.41, 5.74) is 7.53. The fourth-order valence-electron chi connectivity index (χ4n) is 1.46. The minimum absolute atomic E-state index is 0.133. The molecule has 0 unspecified atom stereocenters. The Bertz CT molecular complexity index is 342. The van der Waals surface area contributed by atoms with Gasteiger partial charge in [-0.05, 0) is 50.9 Å². The van der Waals surface area contributed by atoms with Crippen molar-refractivity contribution in [3.63, 3.8) is 0 Å². The maximum Gasteiger partial charge on any atom is 0.126 e. The molecule has 3 heteroatoms. The van der Waals surface area contributed by atoms with Crippen LogP contribution in [0.4, 0.5) is 4.39 Å². The van der Waals surface area contributed by atoms with Crippen LogP contribution < -0.4 is 11.1 Å². The summed E-state index contributed by atoms with van der Waals surface area (Å²) in [6, 6.07) is 5.19. The average molecular weight is 224 g/mol. The number of rotatable bonds is 5. The Balaban J connectivity index is 2.35. The average Bonchev–Trinajstić information content (AvgIpc) is 2.17. The van der Waals surface area contributed by atoms with Gasteiger partial charge in [0.1, 0.15) is 5.82 Å². The van der Waals surface area contributed by atoms with Gasteiger partial charge in [0.05, 0.1) is 0 Å². The topological polar surface area (TPSA) is 38.0 Å². The predicted molar refractivity (Wildman–Crippen MR) is 65.7 cm³/mol. The zero-order valence-corrected chi connectivity index (χ0v) is 10.3. The van der Waals surface area contributed by atoms with Crippen LogP contribution in [0.15, 0.2) is 18.2 Å². The molecule has 0 heterocycles. The van der Waals surface area contributed by atoms with Gasteiger partial charge in [-0.2, -0.15) is 0 Å². The molecular formula is C13H21FN2. The van der Waals surface area contributed by atoms with Crippen molar-refractivity contribution in [2.45, 2.75) is 39.3 Å². The second-order valence-electron chi connectivity index (χ2n) is 5.00. The van der Waals surface area contributed by atoms with Gasteiger partial charge in [-0.1, -0.05) is 12.1 Å². The van der Waals surface area contributed by atoms with Crippen molar-refractivity contribution >= 4 is 0 Å². The molecule has 0 fully saturated rings. The minimum atomic E-state index is -0.146. The van der Waals surface area contributed by atoms with Crippen LogP contribution >= 0.6 is 0 Å². The van der Waals surface area contributed by atoms with Gasteiger partial charge in [0.15, 0.2) is 0 Å². The predicted octanol–water partition coefficient (Wildman–Crippen LogP) is 2.35. The molecule has 0 aliphatic heterocycles. The first-order chi connectivity index (χ1) is 7.38. The lowest BCUT2D eigenvalue weighted by atomic mass is 10.0. The van der Waals surface area contributed by atoms with Gasteiger partial charge in [0.25, 0.3) is 0 Å². The van der Waals surface area contributed by atoms with E-state index in [1.165, 1.54) is 6.07 Å². The van der Waals surface area contributed by atoms with Crippen molar-refractivity contribution in [1.82, 2.24) is 5.32 Å². The highest BCUT2D eigenvalue weighted by atomic mass is 19.1. The van der Waals surface area contributed by atoms with E-state index in [1.807, 2.05) is 26.0 Å². The lowest BCUT2D eigenvalue weighted by Gasteiger charge is -2.18. The SMILES string of the molecule is Cc1cc(CNCCC(C)(C)N)ccc1F. The summed E-state index contributed by atoms with van der Waals surface area (Å²) in [5.74, 6) is -0.146. The molecule has 90 valence electrons. The largest absolute Gasteiger partial charge is 0.326 e.